The predicted octanol–water partition coefficient (Wildman–Crippen LogP) is 5.22. The molecule has 130 valence electrons. The van der Waals surface area contributed by atoms with Crippen LogP contribution in [0.2, 0.25) is 0 Å². The molecular formula is C21H20N4S. The van der Waals surface area contributed by atoms with Crippen LogP contribution >= 0.6 is 11.8 Å². The number of aromatic amines is 1. The van der Waals surface area contributed by atoms with Crippen LogP contribution in [0.5, 0.6) is 0 Å². The lowest BCUT2D eigenvalue weighted by molar-refractivity contribution is 1.09. The second-order valence-electron chi connectivity index (χ2n) is 6.27. The van der Waals surface area contributed by atoms with E-state index in [0.717, 1.165) is 22.7 Å². The fourth-order valence-electron chi connectivity index (χ4n) is 2.71. The van der Waals surface area contributed by atoms with Crippen molar-refractivity contribution in [1.29, 1.82) is 0 Å². The summed E-state index contributed by atoms with van der Waals surface area (Å²) < 4.78 is 0. The zero-order chi connectivity index (χ0) is 17.9. The van der Waals surface area contributed by atoms with E-state index in [4.69, 9.17) is 5.73 Å². The minimum absolute atomic E-state index is 0.713. The van der Waals surface area contributed by atoms with Gasteiger partial charge in [0.1, 0.15) is 0 Å². The third-order valence-corrected chi connectivity index (χ3v) is 5.16. The fraction of sp³-hybridized carbons (Fsp3) is 0.0952. The highest BCUT2D eigenvalue weighted by molar-refractivity contribution is 7.99. The molecule has 26 heavy (non-hydrogen) atoms. The smallest absolute Gasteiger partial charge is 0.201 e. The molecule has 0 aliphatic carbocycles. The zero-order valence-corrected chi connectivity index (χ0v) is 15.3. The maximum absolute atomic E-state index is 5.80. The lowest BCUT2D eigenvalue weighted by Crippen LogP contribution is -2.00. The molecule has 5 heteroatoms. The third kappa shape index (κ3) is 3.83. The first-order valence-corrected chi connectivity index (χ1v) is 9.30. The number of aryl methyl sites for hydroxylation is 1. The number of imidazole rings is 1. The Morgan fingerprint density at radius 3 is 2.38 bits per heavy atom. The van der Waals surface area contributed by atoms with Crippen LogP contribution in [0.4, 0.5) is 11.6 Å². The lowest BCUT2D eigenvalue weighted by Gasteiger charge is -2.06. The van der Waals surface area contributed by atoms with Gasteiger partial charge < -0.3 is 16.0 Å². The average molecular weight is 360 g/mol. The maximum atomic E-state index is 5.80. The van der Waals surface area contributed by atoms with E-state index in [9.17, 15) is 0 Å². The summed E-state index contributed by atoms with van der Waals surface area (Å²) in [6, 6.07) is 22.9. The molecule has 4 nitrogen and oxygen atoms in total. The number of aromatic nitrogens is 2. The van der Waals surface area contributed by atoms with E-state index in [1.54, 1.807) is 11.8 Å². The second kappa shape index (κ2) is 7.14. The molecule has 0 spiro atoms. The van der Waals surface area contributed by atoms with Crippen LogP contribution in [-0.4, -0.2) is 9.97 Å². The number of hydrogen-bond donors (Lipinski definition) is 3. The van der Waals surface area contributed by atoms with Crippen molar-refractivity contribution < 1.29 is 0 Å². The first-order chi connectivity index (χ1) is 12.7. The maximum Gasteiger partial charge on any atom is 0.201 e. The van der Waals surface area contributed by atoms with E-state index >= 15 is 0 Å². The van der Waals surface area contributed by atoms with E-state index in [2.05, 4.69) is 70.7 Å². The van der Waals surface area contributed by atoms with Gasteiger partial charge in [-0.05, 0) is 55.0 Å². The molecule has 0 unspecified atom stereocenters. The molecule has 0 saturated carbocycles. The highest BCUT2D eigenvalue weighted by Crippen LogP contribution is 2.28. The minimum atomic E-state index is 0.713. The van der Waals surface area contributed by atoms with Gasteiger partial charge in [-0.3, -0.25) is 0 Å². The number of anilines is 2. The summed E-state index contributed by atoms with van der Waals surface area (Å²) >= 11 is 1.77. The van der Waals surface area contributed by atoms with E-state index in [0.29, 0.717) is 6.54 Å². The van der Waals surface area contributed by atoms with Crippen molar-refractivity contribution in [2.24, 2.45) is 0 Å². The number of hydrogen-bond acceptors (Lipinski definition) is 4. The molecule has 4 rings (SSSR count). The molecule has 0 saturated heterocycles. The van der Waals surface area contributed by atoms with Gasteiger partial charge in [0.15, 0.2) is 0 Å². The summed E-state index contributed by atoms with van der Waals surface area (Å²) in [5.41, 5.74) is 10.9. The largest absolute Gasteiger partial charge is 0.399 e. The van der Waals surface area contributed by atoms with Crippen LogP contribution in [0.3, 0.4) is 0 Å². The SMILES string of the molecule is Cc1ccc(Sc2ccc(CNc3nc4ccc(N)cc4[nH]3)cc2)cc1. The van der Waals surface area contributed by atoms with E-state index < -0.39 is 0 Å². The molecule has 0 bridgehead atoms. The van der Waals surface area contributed by atoms with Crippen molar-refractivity contribution in [2.75, 3.05) is 11.1 Å². The monoisotopic (exact) mass is 360 g/mol. The van der Waals surface area contributed by atoms with Crippen molar-refractivity contribution in [3.8, 4) is 0 Å². The van der Waals surface area contributed by atoms with Gasteiger partial charge in [0.05, 0.1) is 11.0 Å². The van der Waals surface area contributed by atoms with Crippen LogP contribution < -0.4 is 11.1 Å². The number of H-pyrrole nitrogens is 1. The van der Waals surface area contributed by atoms with E-state index in [-0.39, 0.29) is 0 Å². The summed E-state index contributed by atoms with van der Waals surface area (Å²) in [4.78, 5) is 10.3. The van der Waals surface area contributed by atoms with Gasteiger partial charge in [-0.1, -0.05) is 41.6 Å². The molecule has 0 atom stereocenters. The molecule has 0 aliphatic heterocycles. The normalized spacial score (nSPS) is 11.0. The van der Waals surface area contributed by atoms with Crippen molar-refractivity contribution in [2.45, 2.75) is 23.3 Å². The van der Waals surface area contributed by atoms with E-state index in [1.165, 1.54) is 20.9 Å². The zero-order valence-electron chi connectivity index (χ0n) is 14.5. The number of nitrogens with two attached hydrogens (primary N) is 1. The number of nitrogens with zero attached hydrogens (tertiary/aromatic N) is 1. The highest BCUT2D eigenvalue weighted by Gasteiger charge is 2.03. The molecule has 0 amide bonds. The standard InChI is InChI=1S/C21H20N4S/c1-14-2-7-17(8-3-14)26-18-9-4-15(5-10-18)13-23-21-24-19-11-6-16(22)12-20(19)25-21/h2-12H,13,22H2,1H3,(H2,23,24,25). The quantitative estimate of drug-likeness (QED) is 0.427. The van der Waals surface area contributed by atoms with Crippen LogP contribution in [-0.2, 0) is 6.54 Å². The van der Waals surface area contributed by atoms with Gasteiger partial charge in [-0.15, -0.1) is 0 Å². The topological polar surface area (TPSA) is 66.7 Å². The summed E-state index contributed by atoms with van der Waals surface area (Å²) in [5, 5.41) is 3.33. The molecule has 0 radical (unpaired) electrons. The summed E-state index contributed by atoms with van der Waals surface area (Å²) in [6.07, 6.45) is 0. The van der Waals surface area contributed by atoms with Crippen LogP contribution in [0.1, 0.15) is 11.1 Å². The van der Waals surface area contributed by atoms with Crippen LogP contribution in [0.25, 0.3) is 11.0 Å². The Bertz CT molecular complexity index is 1020. The van der Waals surface area contributed by atoms with Crippen molar-refractivity contribution in [3.05, 3.63) is 77.9 Å². The summed E-state index contributed by atoms with van der Waals surface area (Å²) in [7, 11) is 0. The van der Waals surface area contributed by atoms with Gasteiger partial charge >= 0.3 is 0 Å². The number of nitrogen functional groups attached to an aromatic ring is 1. The summed E-state index contributed by atoms with van der Waals surface area (Å²) in [5.74, 6) is 0.753. The van der Waals surface area contributed by atoms with Crippen molar-refractivity contribution in [3.63, 3.8) is 0 Å². The number of nitrogens with one attached hydrogen (secondary N) is 2. The summed E-state index contributed by atoms with van der Waals surface area (Å²) in [6.45, 7) is 2.82. The van der Waals surface area contributed by atoms with Crippen molar-refractivity contribution >= 4 is 34.4 Å². The van der Waals surface area contributed by atoms with Crippen LogP contribution in [0.15, 0.2) is 76.5 Å². The Hall–Kier alpha value is -2.92. The number of benzene rings is 3. The molecule has 0 fully saturated rings. The molecule has 0 aliphatic rings. The predicted molar refractivity (Wildman–Crippen MR) is 110 cm³/mol. The van der Waals surface area contributed by atoms with Gasteiger partial charge in [-0.25, -0.2) is 4.98 Å². The number of rotatable bonds is 5. The van der Waals surface area contributed by atoms with Gasteiger partial charge in [0.2, 0.25) is 5.95 Å². The molecule has 1 heterocycles. The first kappa shape index (κ1) is 16.5. The van der Waals surface area contributed by atoms with Gasteiger partial charge in [0.25, 0.3) is 0 Å². The van der Waals surface area contributed by atoms with E-state index in [1.807, 2.05) is 18.2 Å². The Balaban J connectivity index is 1.39. The van der Waals surface area contributed by atoms with Crippen molar-refractivity contribution in [1.82, 2.24) is 9.97 Å². The second-order valence-corrected chi connectivity index (χ2v) is 7.42. The Morgan fingerprint density at radius 2 is 1.65 bits per heavy atom. The molecule has 1 aromatic heterocycles. The Morgan fingerprint density at radius 1 is 0.962 bits per heavy atom. The highest BCUT2D eigenvalue weighted by atomic mass is 32.2. The fourth-order valence-corrected chi connectivity index (χ4v) is 3.53. The molecular weight excluding hydrogens is 340 g/mol. The first-order valence-electron chi connectivity index (χ1n) is 8.48. The minimum Gasteiger partial charge on any atom is -0.399 e. The lowest BCUT2D eigenvalue weighted by atomic mass is 10.2. The molecule has 3 aromatic carbocycles. The van der Waals surface area contributed by atoms with Crippen LogP contribution in [0, 0.1) is 6.92 Å². The number of fused-ring (bicyclic) bond motifs is 1. The molecule has 4 N–H and O–H groups in total. The van der Waals surface area contributed by atoms with Gasteiger partial charge in [0, 0.05) is 22.0 Å². The Kier molecular flexibility index (Phi) is 4.54. The average Bonchev–Trinajstić information content (AvgIpc) is 3.05. The van der Waals surface area contributed by atoms with Gasteiger partial charge in [-0.2, -0.15) is 0 Å². The Labute approximate surface area is 156 Å². The third-order valence-electron chi connectivity index (χ3n) is 4.15. The molecule has 4 aromatic rings.